The zero-order chi connectivity index (χ0) is 16.5. The molecule has 2 amide bonds. The number of hydrogen-bond acceptors (Lipinski definition) is 3. The second-order valence-corrected chi connectivity index (χ2v) is 7.59. The molecule has 3 N–H and O–H groups in total. The summed E-state index contributed by atoms with van der Waals surface area (Å²) in [6, 6.07) is 0.223. The van der Waals surface area contributed by atoms with Crippen LogP contribution < -0.4 is 11.1 Å². The zero-order valence-corrected chi connectivity index (χ0v) is 14.2. The van der Waals surface area contributed by atoms with Crippen LogP contribution in [0.25, 0.3) is 0 Å². The lowest BCUT2D eigenvalue weighted by Crippen LogP contribution is -2.47. The summed E-state index contributed by atoms with van der Waals surface area (Å²) < 4.78 is 0. The molecule has 2 fully saturated rings. The van der Waals surface area contributed by atoms with Gasteiger partial charge >= 0.3 is 0 Å². The Kier molecular flexibility index (Phi) is 4.95. The van der Waals surface area contributed by atoms with Crippen molar-refractivity contribution in [2.75, 3.05) is 19.6 Å². The number of carbonyl (C=O) groups excluding carboxylic acids is 2. The molecular formula is C17H29N3O2. The lowest BCUT2D eigenvalue weighted by Gasteiger charge is -2.31. The number of piperidine rings is 1. The molecule has 124 valence electrons. The van der Waals surface area contributed by atoms with Gasteiger partial charge in [-0.05, 0) is 38.0 Å². The molecule has 0 radical (unpaired) electrons. The number of hydrogen-bond donors (Lipinski definition) is 2. The van der Waals surface area contributed by atoms with Gasteiger partial charge in [0.2, 0.25) is 11.8 Å². The first-order chi connectivity index (χ1) is 10.2. The molecule has 0 aromatic carbocycles. The van der Waals surface area contributed by atoms with E-state index in [1.807, 2.05) is 0 Å². The van der Waals surface area contributed by atoms with Crippen molar-refractivity contribution in [3.63, 3.8) is 0 Å². The highest BCUT2D eigenvalue weighted by Crippen LogP contribution is 2.59. The summed E-state index contributed by atoms with van der Waals surface area (Å²) in [7, 11) is 0. The summed E-state index contributed by atoms with van der Waals surface area (Å²) in [4.78, 5) is 25.5. The minimum absolute atomic E-state index is 0.0635. The molecule has 0 aromatic heterocycles. The minimum atomic E-state index is -0.285. The number of amides is 2. The van der Waals surface area contributed by atoms with Crippen LogP contribution >= 0.6 is 0 Å². The summed E-state index contributed by atoms with van der Waals surface area (Å²) in [5.74, 6) is 0.339. The zero-order valence-electron chi connectivity index (χ0n) is 14.2. The van der Waals surface area contributed by atoms with E-state index in [9.17, 15) is 9.59 Å². The number of nitrogens with two attached hydrogens (primary N) is 1. The van der Waals surface area contributed by atoms with Crippen molar-refractivity contribution in [3.05, 3.63) is 11.6 Å². The average Bonchev–Trinajstić information content (AvgIpc) is 2.91. The predicted molar refractivity (Wildman–Crippen MR) is 87.0 cm³/mol. The Balaban J connectivity index is 1.82. The molecule has 5 heteroatoms. The van der Waals surface area contributed by atoms with Crippen molar-refractivity contribution in [1.82, 2.24) is 10.2 Å². The van der Waals surface area contributed by atoms with Crippen molar-refractivity contribution < 1.29 is 9.59 Å². The van der Waals surface area contributed by atoms with Crippen molar-refractivity contribution in [1.29, 1.82) is 0 Å². The molecule has 1 aliphatic carbocycles. The number of rotatable bonds is 5. The van der Waals surface area contributed by atoms with Gasteiger partial charge in [-0.1, -0.05) is 25.5 Å². The first-order valence-electron chi connectivity index (χ1n) is 8.18. The monoisotopic (exact) mass is 307 g/mol. The fourth-order valence-corrected chi connectivity index (χ4v) is 3.60. The van der Waals surface area contributed by atoms with E-state index in [0.29, 0.717) is 12.5 Å². The van der Waals surface area contributed by atoms with Crippen LogP contribution in [0.2, 0.25) is 0 Å². The second kappa shape index (κ2) is 6.41. The Morgan fingerprint density at radius 3 is 2.36 bits per heavy atom. The van der Waals surface area contributed by atoms with Crippen molar-refractivity contribution >= 4 is 11.8 Å². The smallest absolute Gasteiger partial charge is 0.231 e. The molecule has 1 saturated carbocycles. The highest BCUT2D eigenvalue weighted by Gasteiger charge is 2.60. The Labute approximate surface area is 133 Å². The van der Waals surface area contributed by atoms with Gasteiger partial charge in [0.05, 0.1) is 12.5 Å². The van der Waals surface area contributed by atoms with Crippen molar-refractivity contribution in [2.45, 2.75) is 46.6 Å². The average molecular weight is 307 g/mol. The van der Waals surface area contributed by atoms with E-state index in [0.717, 1.165) is 25.9 Å². The van der Waals surface area contributed by atoms with Gasteiger partial charge in [-0.25, -0.2) is 0 Å². The van der Waals surface area contributed by atoms with Crippen LogP contribution in [0.15, 0.2) is 11.6 Å². The Morgan fingerprint density at radius 2 is 1.86 bits per heavy atom. The molecule has 0 aromatic rings. The fraction of sp³-hybridized carbons (Fsp3) is 0.765. The van der Waals surface area contributed by atoms with E-state index in [1.54, 1.807) is 0 Å². The number of nitrogens with one attached hydrogen (secondary N) is 1. The van der Waals surface area contributed by atoms with E-state index in [1.165, 1.54) is 5.57 Å². The summed E-state index contributed by atoms with van der Waals surface area (Å²) in [6.07, 6.45) is 4.00. The molecule has 1 saturated heterocycles. The highest BCUT2D eigenvalue weighted by molar-refractivity contribution is 5.84. The van der Waals surface area contributed by atoms with Gasteiger partial charge in [-0.2, -0.15) is 0 Å². The Morgan fingerprint density at radius 1 is 1.27 bits per heavy atom. The normalized spacial score (nSPS) is 28.0. The number of primary amides is 1. The molecule has 0 unspecified atom stereocenters. The van der Waals surface area contributed by atoms with Gasteiger partial charge < -0.3 is 11.1 Å². The Hall–Kier alpha value is -1.36. The molecule has 22 heavy (non-hydrogen) atoms. The van der Waals surface area contributed by atoms with E-state index in [2.05, 4.69) is 44.0 Å². The van der Waals surface area contributed by atoms with Crippen LogP contribution in [-0.4, -0.2) is 42.4 Å². The Bertz CT molecular complexity index is 472. The van der Waals surface area contributed by atoms with Crippen LogP contribution in [-0.2, 0) is 9.59 Å². The van der Waals surface area contributed by atoms with Gasteiger partial charge in [0.1, 0.15) is 0 Å². The third-order valence-electron chi connectivity index (χ3n) is 5.02. The first kappa shape index (κ1) is 17.0. The third kappa shape index (κ3) is 3.88. The van der Waals surface area contributed by atoms with Crippen molar-refractivity contribution in [2.24, 2.45) is 23.0 Å². The number of nitrogens with zero attached hydrogens (tertiary/aromatic N) is 1. The maximum Gasteiger partial charge on any atom is 0.231 e. The van der Waals surface area contributed by atoms with Crippen LogP contribution in [0.1, 0.15) is 40.5 Å². The molecule has 2 atom stereocenters. The maximum atomic E-state index is 12.5. The number of carbonyl (C=O) groups is 2. The van der Waals surface area contributed by atoms with E-state index in [4.69, 9.17) is 5.73 Å². The predicted octanol–water partition coefficient (Wildman–Crippen LogP) is 1.29. The lowest BCUT2D eigenvalue weighted by molar-refractivity contribution is -0.124. The number of likely N-dealkylation sites (tertiary alicyclic amines) is 1. The first-order valence-corrected chi connectivity index (χ1v) is 8.18. The van der Waals surface area contributed by atoms with Gasteiger partial charge in [0.25, 0.3) is 0 Å². The summed E-state index contributed by atoms with van der Waals surface area (Å²) in [5.41, 5.74) is 6.55. The standard InChI is InChI=1S/C17H29N3O2/c1-11(2)9-13-15(17(13,3)4)16(22)19-12-5-7-20(8-6-12)10-14(18)21/h9,12-13,15H,5-8,10H2,1-4H3,(H2,18,21)(H,19,22)/t13-,15+/m1/s1. The summed E-state index contributed by atoms with van der Waals surface area (Å²) in [6.45, 7) is 10.4. The molecule has 2 aliphatic rings. The van der Waals surface area contributed by atoms with Gasteiger partial charge in [0, 0.05) is 19.1 Å². The van der Waals surface area contributed by atoms with Crippen LogP contribution in [0.4, 0.5) is 0 Å². The van der Waals surface area contributed by atoms with Crippen LogP contribution in [0.3, 0.4) is 0 Å². The molecule has 1 aliphatic heterocycles. The van der Waals surface area contributed by atoms with Gasteiger partial charge in [-0.3, -0.25) is 14.5 Å². The maximum absolute atomic E-state index is 12.5. The summed E-state index contributed by atoms with van der Waals surface area (Å²) in [5, 5.41) is 3.20. The van der Waals surface area contributed by atoms with Gasteiger partial charge in [-0.15, -0.1) is 0 Å². The molecule has 0 bridgehead atoms. The number of allylic oxidation sites excluding steroid dienone is 2. The van der Waals surface area contributed by atoms with E-state index >= 15 is 0 Å². The van der Waals surface area contributed by atoms with E-state index in [-0.39, 0.29) is 29.2 Å². The molecular weight excluding hydrogens is 278 g/mol. The molecule has 5 nitrogen and oxygen atoms in total. The SMILES string of the molecule is CC(C)=C[C@@H]1[C@@H](C(=O)NC2CCN(CC(N)=O)CC2)C1(C)C. The molecule has 2 rings (SSSR count). The minimum Gasteiger partial charge on any atom is -0.369 e. The fourth-order valence-electron chi connectivity index (χ4n) is 3.60. The van der Waals surface area contributed by atoms with Crippen LogP contribution in [0.5, 0.6) is 0 Å². The second-order valence-electron chi connectivity index (χ2n) is 7.59. The third-order valence-corrected chi connectivity index (χ3v) is 5.02. The lowest BCUT2D eigenvalue weighted by atomic mass is 10.0. The highest BCUT2D eigenvalue weighted by atomic mass is 16.2. The van der Waals surface area contributed by atoms with Crippen molar-refractivity contribution in [3.8, 4) is 0 Å². The summed E-state index contributed by atoms with van der Waals surface area (Å²) >= 11 is 0. The molecule has 0 spiro atoms. The van der Waals surface area contributed by atoms with Crippen LogP contribution in [0, 0.1) is 17.3 Å². The topological polar surface area (TPSA) is 75.4 Å². The quantitative estimate of drug-likeness (QED) is 0.752. The van der Waals surface area contributed by atoms with E-state index < -0.39 is 0 Å². The largest absolute Gasteiger partial charge is 0.369 e. The van der Waals surface area contributed by atoms with Gasteiger partial charge in [0.15, 0.2) is 0 Å². The molecule has 1 heterocycles.